The molecular weight excluding hydrogens is 414 g/mol. The zero-order valence-corrected chi connectivity index (χ0v) is 20.9. The largest absolute Gasteiger partial charge is 0.371 e. The van der Waals surface area contributed by atoms with Crippen LogP contribution in [0.5, 0.6) is 0 Å². The van der Waals surface area contributed by atoms with Crippen molar-refractivity contribution in [2.24, 2.45) is 11.8 Å². The van der Waals surface area contributed by atoms with Crippen LogP contribution >= 0.6 is 0 Å². The van der Waals surface area contributed by atoms with Gasteiger partial charge in [0.05, 0.1) is 5.92 Å². The average molecular weight is 456 g/mol. The molecule has 1 saturated carbocycles. The van der Waals surface area contributed by atoms with Crippen molar-refractivity contribution in [2.45, 2.75) is 70.9 Å². The molecule has 1 aromatic rings. The van der Waals surface area contributed by atoms with Crippen LogP contribution in [-0.2, 0) is 4.79 Å². The number of likely N-dealkylation sites (N-methyl/N-ethyl adjacent to an activating group) is 1. The second-order valence-corrected chi connectivity index (χ2v) is 10.6. The number of piperidine rings is 1. The van der Waals surface area contributed by atoms with Crippen LogP contribution in [0, 0.1) is 18.8 Å². The summed E-state index contributed by atoms with van der Waals surface area (Å²) in [6.45, 7) is 8.39. The zero-order valence-electron chi connectivity index (χ0n) is 20.9. The van der Waals surface area contributed by atoms with Gasteiger partial charge in [0.15, 0.2) is 0 Å². The van der Waals surface area contributed by atoms with Crippen molar-refractivity contribution in [1.82, 2.24) is 21.1 Å². The molecule has 182 valence electrons. The number of amides is 2. The lowest BCUT2D eigenvalue weighted by Crippen LogP contribution is -2.50. The number of hydrogen-bond donors (Lipinski definition) is 3. The maximum Gasteiger partial charge on any atom is 0.251 e. The van der Waals surface area contributed by atoms with Gasteiger partial charge >= 0.3 is 0 Å². The SMILES string of the molecule is Cc1c(C(=O)NCC2C(=O)N[C@@H](C)CC2C)cc(C2CNN(C)C2)cc1N(C)C1CCCC1. The Morgan fingerprint density at radius 3 is 2.61 bits per heavy atom. The molecule has 33 heavy (non-hydrogen) atoms. The van der Waals surface area contributed by atoms with Crippen molar-refractivity contribution >= 4 is 17.5 Å². The van der Waals surface area contributed by atoms with E-state index in [-0.39, 0.29) is 29.7 Å². The van der Waals surface area contributed by atoms with E-state index < -0.39 is 0 Å². The highest BCUT2D eigenvalue weighted by atomic mass is 16.2. The van der Waals surface area contributed by atoms with Crippen LogP contribution in [0.3, 0.4) is 0 Å². The fourth-order valence-corrected chi connectivity index (χ4v) is 5.98. The van der Waals surface area contributed by atoms with Gasteiger partial charge in [-0.3, -0.25) is 15.0 Å². The van der Waals surface area contributed by atoms with Crippen LogP contribution in [0.25, 0.3) is 0 Å². The Bertz CT molecular complexity index is 882. The van der Waals surface area contributed by atoms with Crippen molar-refractivity contribution in [3.63, 3.8) is 0 Å². The Morgan fingerprint density at radius 1 is 1.24 bits per heavy atom. The molecule has 0 bridgehead atoms. The first-order valence-electron chi connectivity index (χ1n) is 12.6. The van der Waals surface area contributed by atoms with Crippen LogP contribution in [0.1, 0.15) is 73.4 Å². The number of rotatable bonds is 6. The monoisotopic (exact) mass is 455 g/mol. The molecule has 3 N–H and O–H groups in total. The molecule has 7 nitrogen and oxygen atoms in total. The number of hydrogen-bond acceptors (Lipinski definition) is 5. The van der Waals surface area contributed by atoms with Gasteiger partial charge in [-0.25, -0.2) is 5.01 Å². The molecule has 3 aliphatic rings. The fourth-order valence-electron chi connectivity index (χ4n) is 5.98. The van der Waals surface area contributed by atoms with E-state index in [0.29, 0.717) is 18.5 Å². The molecule has 7 heteroatoms. The van der Waals surface area contributed by atoms with Crippen LogP contribution in [0.4, 0.5) is 5.69 Å². The van der Waals surface area contributed by atoms with Gasteiger partial charge in [0, 0.05) is 63.0 Å². The predicted octanol–water partition coefficient (Wildman–Crippen LogP) is 2.80. The van der Waals surface area contributed by atoms with E-state index in [2.05, 4.69) is 66.0 Å². The third kappa shape index (κ3) is 5.19. The Labute approximate surface area is 198 Å². The van der Waals surface area contributed by atoms with E-state index in [4.69, 9.17) is 0 Å². The fraction of sp³-hybridized carbons (Fsp3) is 0.692. The maximum atomic E-state index is 13.4. The summed E-state index contributed by atoms with van der Waals surface area (Å²) in [6, 6.07) is 5.11. The minimum absolute atomic E-state index is 0.0498. The quantitative estimate of drug-likeness (QED) is 0.615. The molecule has 1 aliphatic carbocycles. The van der Waals surface area contributed by atoms with Gasteiger partial charge in [-0.1, -0.05) is 19.8 Å². The third-order valence-corrected chi connectivity index (χ3v) is 8.09. The van der Waals surface area contributed by atoms with Crippen molar-refractivity contribution < 1.29 is 9.59 Å². The highest BCUT2D eigenvalue weighted by Gasteiger charge is 2.33. The molecule has 2 saturated heterocycles. The molecule has 3 unspecified atom stereocenters. The first-order chi connectivity index (χ1) is 15.7. The first kappa shape index (κ1) is 24.0. The number of anilines is 1. The maximum absolute atomic E-state index is 13.4. The van der Waals surface area contributed by atoms with E-state index >= 15 is 0 Å². The van der Waals surface area contributed by atoms with Crippen LogP contribution in [0.2, 0.25) is 0 Å². The van der Waals surface area contributed by atoms with Gasteiger partial charge in [-0.05, 0) is 62.3 Å². The number of nitrogens with zero attached hydrogens (tertiary/aromatic N) is 2. The molecule has 2 heterocycles. The summed E-state index contributed by atoms with van der Waals surface area (Å²) in [5.74, 6) is 0.401. The van der Waals surface area contributed by atoms with Crippen LogP contribution < -0.4 is 21.0 Å². The average Bonchev–Trinajstić information content (AvgIpc) is 3.44. The van der Waals surface area contributed by atoms with E-state index in [0.717, 1.165) is 36.3 Å². The molecule has 0 radical (unpaired) electrons. The zero-order chi connectivity index (χ0) is 23.7. The summed E-state index contributed by atoms with van der Waals surface area (Å²) in [4.78, 5) is 28.3. The predicted molar refractivity (Wildman–Crippen MR) is 132 cm³/mol. The highest BCUT2D eigenvalue weighted by Crippen LogP contribution is 2.34. The number of benzene rings is 1. The standard InChI is InChI=1S/C26H41N5O2/c1-16-10-17(2)29-26(33)23(16)14-27-25(32)22-11-19(20-13-28-30(4)15-20)12-24(18(22)3)31(5)21-8-6-7-9-21/h11-12,16-17,20-21,23,28H,6-10,13-15H2,1-5H3,(H,27,32)(H,29,33)/t16?,17-,20?,23?/m0/s1. The molecule has 4 atom stereocenters. The minimum Gasteiger partial charge on any atom is -0.371 e. The lowest BCUT2D eigenvalue weighted by atomic mass is 9.84. The Kier molecular flexibility index (Phi) is 7.29. The molecule has 0 spiro atoms. The summed E-state index contributed by atoms with van der Waals surface area (Å²) < 4.78 is 0. The van der Waals surface area contributed by atoms with Crippen LogP contribution in [0.15, 0.2) is 12.1 Å². The summed E-state index contributed by atoms with van der Waals surface area (Å²) >= 11 is 0. The third-order valence-electron chi connectivity index (χ3n) is 8.09. The minimum atomic E-state index is -0.179. The molecule has 3 fully saturated rings. The smallest absolute Gasteiger partial charge is 0.251 e. The van der Waals surface area contributed by atoms with E-state index in [1.54, 1.807) is 0 Å². The molecule has 1 aromatic carbocycles. The molecule has 2 amide bonds. The number of nitrogens with one attached hydrogen (secondary N) is 3. The molecular formula is C26H41N5O2. The lowest BCUT2D eigenvalue weighted by Gasteiger charge is -2.33. The Balaban J connectivity index is 1.58. The Hall–Kier alpha value is -2.12. The lowest BCUT2D eigenvalue weighted by molar-refractivity contribution is -0.129. The van der Waals surface area contributed by atoms with Crippen LogP contribution in [-0.4, -0.2) is 62.6 Å². The van der Waals surface area contributed by atoms with E-state index in [1.165, 1.54) is 31.2 Å². The summed E-state index contributed by atoms with van der Waals surface area (Å²) in [6.07, 6.45) is 5.92. The highest BCUT2D eigenvalue weighted by molar-refractivity contribution is 5.97. The number of hydrazine groups is 1. The Morgan fingerprint density at radius 2 is 1.97 bits per heavy atom. The summed E-state index contributed by atoms with van der Waals surface area (Å²) in [7, 11) is 4.24. The molecule has 4 rings (SSSR count). The van der Waals surface area contributed by atoms with Gasteiger partial charge in [-0.2, -0.15) is 0 Å². The topological polar surface area (TPSA) is 76.7 Å². The van der Waals surface area contributed by atoms with Gasteiger partial charge < -0.3 is 15.5 Å². The van der Waals surface area contributed by atoms with Gasteiger partial charge in [0.25, 0.3) is 5.91 Å². The summed E-state index contributed by atoms with van der Waals surface area (Å²) in [5, 5.41) is 8.25. The molecule has 2 aliphatic heterocycles. The number of carbonyl (C=O) groups is 2. The second-order valence-electron chi connectivity index (χ2n) is 10.6. The summed E-state index contributed by atoms with van der Waals surface area (Å²) in [5.41, 5.74) is 7.53. The van der Waals surface area contributed by atoms with Gasteiger partial charge in [0.1, 0.15) is 0 Å². The van der Waals surface area contributed by atoms with Crippen molar-refractivity contribution in [2.75, 3.05) is 38.6 Å². The van der Waals surface area contributed by atoms with E-state index in [1.807, 2.05) is 6.92 Å². The van der Waals surface area contributed by atoms with Crippen molar-refractivity contribution in [3.05, 3.63) is 28.8 Å². The van der Waals surface area contributed by atoms with Crippen molar-refractivity contribution in [1.29, 1.82) is 0 Å². The normalized spacial score (nSPS) is 28.7. The molecule has 0 aromatic heterocycles. The number of carbonyl (C=O) groups excluding carboxylic acids is 2. The first-order valence-corrected chi connectivity index (χ1v) is 12.6. The second kappa shape index (κ2) is 10.0. The van der Waals surface area contributed by atoms with Crippen molar-refractivity contribution in [3.8, 4) is 0 Å². The van der Waals surface area contributed by atoms with E-state index in [9.17, 15) is 9.59 Å². The van der Waals surface area contributed by atoms with Gasteiger partial charge in [0.2, 0.25) is 5.91 Å². The van der Waals surface area contributed by atoms with Gasteiger partial charge in [-0.15, -0.1) is 0 Å².